The van der Waals surface area contributed by atoms with Gasteiger partial charge in [-0.25, -0.2) is 4.79 Å². The smallest absolute Gasteiger partial charge is 0.354 e. The summed E-state index contributed by atoms with van der Waals surface area (Å²) in [6.45, 7) is 8.01. The average molecular weight is 302 g/mol. The molecule has 0 aromatic heterocycles. The number of nitrogens with zero attached hydrogens (tertiary/aromatic N) is 1. The van der Waals surface area contributed by atoms with E-state index in [2.05, 4.69) is 6.58 Å². The van der Waals surface area contributed by atoms with Crippen LogP contribution < -0.4 is 5.73 Å². The molecular weight excluding hydrogens is 276 g/mol. The molecule has 0 heterocycles. The topological polar surface area (TPSA) is 64.7 Å². The maximum absolute atomic E-state index is 11.7. The lowest BCUT2D eigenvalue weighted by Crippen LogP contribution is -2.17. The van der Waals surface area contributed by atoms with Crippen LogP contribution >= 0.6 is 0 Å². The first-order valence-corrected chi connectivity index (χ1v) is 7.79. The average Bonchev–Trinajstić information content (AvgIpc) is 2.99. The minimum Gasteiger partial charge on any atom is -0.461 e. The van der Waals surface area contributed by atoms with Crippen molar-refractivity contribution in [2.45, 2.75) is 45.6 Å². The van der Waals surface area contributed by atoms with Gasteiger partial charge in [-0.1, -0.05) is 43.7 Å². The maximum Gasteiger partial charge on any atom is 0.354 e. The number of nitrogens with two attached hydrogens (primary N) is 1. The summed E-state index contributed by atoms with van der Waals surface area (Å²) in [5.74, 6) is -0.521. The molecule has 1 saturated carbocycles. The highest BCUT2D eigenvalue weighted by atomic mass is 16.5. The van der Waals surface area contributed by atoms with Gasteiger partial charge in [0.05, 0.1) is 18.4 Å². The van der Waals surface area contributed by atoms with E-state index in [4.69, 9.17) is 15.5 Å². The van der Waals surface area contributed by atoms with Crippen molar-refractivity contribution in [1.82, 2.24) is 0 Å². The molecule has 0 aromatic carbocycles. The molecule has 4 heteroatoms. The molecule has 0 aromatic rings. The number of hydrogen-bond donors (Lipinski definition) is 1. The number of aliphatic imine (C=N–C) groups is 1. The first-order valence-electron chi connectivity index (χ1n) is 7.79. The molecule has 1 aliphatic rings. The van der Waals surface area contributed by atoms with Crippen molar-refractivity contribution < 1.29 is 9.53 Å². The third kappa shape index (κ3) is 6.12. The Morgan fingerprint density at radius 2 is 2.05 bits per heavy atom. The van der Waals surface area contributed by atoms with E-state index in [1.165, 1.54) is 12.8 Å². The van der Waals surface area contributed by atoms with Gasteiger partial charge < -0.3 is 10.5 Å². The Kier molecular flexibility index (Phi) is 7.97. The molecule has 1 rings (SSSR count). The number of allylic oxidation sites excluding steroid dienone is 6. The summed E-state index contributed by atoms with van der Waals surface area (Å²) in [4.78, 5) is 16.4. The highest BCUT2D eigenvalue weighted by Gasteiger charge is 2.15. The first-order chi connectivity index (χ1) is 10.6. The summed E-state index contributed by atoms with van der Waals surface area (Å²) in [5, 5.41) is 0. The second-order valence-corrected chi connectivity index (χ2v) is 5.18. The molecule has 22 heavy (non-hydrogen) atoms. The van der Waals surface area contributed by atoms with E-state index in [9.17, 15) is 4.79 Å². The van der Waals surface area contributed by atoms with Crippen LogP contribution in [0.3, 0.4) is 0 Å². The number of rotatable bonds is 7. The van der Waals surface area contributed by atoms with Gasteiger partial charge in [0.1, 0.15) is 5.70 Å². The molecule has 0 saturated heterocycles. The van der Waals surface area contributed by atoms with Crippen LogP contribution in [0.5, 0.6) is 0 Å². The molecular formula is C18H26N2O2. The standard InChI is InChI=1S/C18H26N2O2/c1-4-6-7-10-14(3)17(20-15-11-8-9-12-15)13-16(19)18(21)22-5-2/h4,6-7,10,13,15H,3,5,8-9,11-12,19H2,1-2H3/b6-4-,10-7-,16-13?,20-17?. The molecule has 0 unspecified atom stereocenters. The number of carbonyl (C=O) groups excluding carboxylic acids is 1. The van der Waals surface area contributed by atoms with Crippen LogP contribution in [0.15, 0.2) is 53.2 Å². The molecule has 0 amide bonds. The maximum atomic E-state index is 11.7. The van der Waals surface area contributed by atoms with E-state index in [1.807, 2.05) is 31.2 Å². The zero-order valence-electron chi connectivity index (χ0n) is 13.5. The summed E-state index contributed by atoms with van der Waals surface area (Å²) < 4.78 is 4.91. The van der Waals surface area contributed by atoms with Gasteiger partial charge in [-0.3, -0.25) is 4.99 Å². The Morgan fingerprint density at radius 3 is 2.64 bits per heavy atom. The monoisotopic (exact) mass is 302 g/mol. The number of hydrogen-bond acceptors (Lipinski definition) is 4. The van der Waals surface area contributed by atoms with Gasteiger partial charge >= 0.3 is 5.97 Å². The zero-order valence-corrected chi connectivity index (χ0v) is 13.5. The highest BCUT2D eigenvalue weighted by molar-refractivity contribution is 6.12. The fourth-order valence-corrected chi connectivity index (χ4v) is 2.23. The fourth-order valence-electron chi connectivity index (χ4n) is 2.23. The second-order valence-electron chi connectivity index (χ2n) is 5.18. The van der Waals surface area contributed by atoms with Gasteiger partial charge in [-0.2, -0.15) is 0 Å². The third-order valence-electron chi connectivity index (χ3n) is 3.38. The molecule has 1 aliphatic carbocycles. The summed E-state index contributed by atoms with van der Waals surface area (Å²) in [6, 6.07) is 0.285. The molecule has 0 aliphatic heterocycles. The summed E-state index contributed by atoms with van der Waals surface area (Å²) in [7, 11) is 0. The Balaban J connectivity index is 2.97. The van der Waals surface area contributed by atoms with E-state index in [1.54, 1.807) is 13.0 Å². The minimum atomic E-state index is -0.521. The Hall–Kier alpha value is -2.10. The van der Waals surface area contributed by atoms with Crippen molar-refractivity contribution in [2.24, 2.45) is 10.7 Å². The molecule has 4 nitrogen and oxygen atoms in total. The number of ether oxygens (including phenoxy) is 1. The molecule has 0 spiro atoms. The van der Waals surface area contributed by atoms with Crippen LogP contribution in [-0.4, -0.2) is 24.3 Å². The van der Waals surface area contributed by atoms with Crippen molar-refractivity contribution in [3.05, 3.63) is 48.2 Å². The van der Waals surface area contributed by atoms with Crippen molar-refractivity contribution in [2.75, 3.05) is 6.61 Å². The summed E-state index contributed by atoms with van der Waals surface area (Å²) in [5.41, 5.74) is 7.24. The number of esters is 1. The molecule has 0 bridgehead atoms. The largest absolute Gasteiger partial charge is 0.461 e. The molecule has 2 N–H and O–H groups in total. The predicted molar refractivity (Wildman–Crippen MR) is 91.7 cm³/mol. The van der Waals surface area contributed by atoms with Crippen LogP contribution in [0.25, 0.3) is 0 Å². The van der Waals surface area contributed by atoms with Gasteiger partial charge in [0.2, 0.25) is 0 Å². The van der Waals surface area contributed by atoms with E-state index in [0.29, 0.717) is 12.3 Å². The Bertz CT molecular complexity index is 507. The van der Waals surface area contributed by atoms with Gasteiger partial charge in [0.25, 0.3) is 0 Å². The van der Waals surface area contributed by atoms with Crippen LogP contribution in [-0.2, 0) is 9.53 Å². The molecule has 120 valence electrons. The third-order valence-corrected chi connectivity index (χ3v) is 3.38. The van der Waals surface area contributed by atoms with Crippen molar-refractivity contribution in [3.8, 4) is 0 Å². The lowest BCUT2D eigenvalue weighted by Gasteiger charge is -2.08. The van der Waals surface area contributed by atoms with Crippen LogP contribution in [0.2, 0.25) is 0 Å². The van der Waals surface area contributed by atoms with Gasteiger partial charge in [0.15, 0.2) is 0 Å². The van der Waals surface area contributed by atoms with Gasteiger partial charge in [-0.05, 0) is 38.3 Å². The fraction of sp³-hybridized carbons (Fsp3) is 0.444. The quantitative estimate of drug-likeness (QED) is 0.339. The van der Waals surface area contributed by atoms with E-state index in [-0.39, 0.29) is 11.7 Å². The van der Waals surface area contributed by atoms with Gasteiger partial charge in [-0.15, -0.1) is 0 Å². The van der Waals surface area contributed by atoms with Crippen LogP contribution in [0, 0.1) is 0 Å². The van der Waals surface area contributed by atoms with Crippen LogP contribution in [0.4, 0.5) is 0 Å². The SMILES string of the molecule is C=C(/C=C\C=C/C)C(C=C(N)C(=O)OCC)=NC1CCCC1. The molecule has 0 radical (unpaired) electrons. The first kappa shape index (κ1) is 18.0. The summed E-state index contributed by atoms with van der Waals surface area (Å²) >= 11 is 0. The number of carbonyl (C=O) groups is 1. The zero-order chi connectivity index (χ0) is 16.4. The lowest BCUT2D eigenvalue weighted by atomic mass is 10.1. The van der Waals surface area contributed by atoms with Crippen molar-refractivity contribution in [1.29, 1.82) is 0 Å². The van der Waals surface area contributed by atoms with Crippen molar-refractivity contribution in [3.63, 3.8) is 0 Å². The second kappa shape index (κ2) is 9.77. The van der Waals surface area contributed by atoms with Crippen LogP contribution in [0.1, 0.15) is 39.5 Å². The molecule has 1 fully saturated rings. The molecule has 0 atom stereocenters. The lowest BCUT2D eigenvalue weighted by molar-refractivity contribution is -0.138. The normalized spacial score (nSPS) is 17.5. The van der Waals surface area contributed by atoms with Gasteiger partial charge in [0, 0.05) is 0 Å². The minimum absolute atomic E-state index is 0.0548. The van der Waals surface area contributed by atoms with E-state index >= 15 is 0 Å². The predicted octanol–water partition coefficient (Wildman–Crippen LogP) is 3.46. The van der Waals surface area contributed by atoms with Crippen molar-refractivity contribution >= 4 is 11.7 Å². The Labute approximate surface area is 133 Å². The Morgan fingerprint density at radius 1 is 1.36 bits per heavy atom. The van der Waals surface area contributed by atoms with E-state index in [0.717, 1.165) is 18.4 Å². The highest BCUT2D eigenvalue weighted by Crippen LogP contribution is 2.22. The summed E-state index contributed by atoms with van der Waals surface area (Å²) in [6.07, 6.45) is 13.7. The van der Waals surface area contributed by atoms with E-state index < -0.39 is 5.97 Å².